The molecule has 3 N–H and O–H groups in total. The Labute approximate surface area is 106 Å². The fourth-order valence-electron chi connectivity index (χ4n) is 1.76. The number of carboxylic acid groups (broad SMARTS) is 1. The van der Waals surface area contributed by atoms with Crippen molar-refractivity contribution in [2.24, 2.45) is 0 Å². The molecule has 0 saturated carbocycles. The number of aromatic nitrogens is 2. The van der Waals surface area contributed by atoms with E-state index in [0.717, 1.165) is 11.3 Å². The molecule has 0 aliphatic rings. The highest BCUT2D eigenvalue weighted by Gasteiger charge is 2.22. The maximum Gasteiger partial charge on any atom is 0.326 e. The molecule has 0 saturated heterocycles. The van der Waals surface area contributed by atoms with Crippen molar-refractivity contribution in [1.29, 1.82) is 0 Å². The molecule has 0 aliphatic heterocycles. The normalized spacial score (nSPS) is 12.5. The third kappa shape index (κ3) is 2.88. The molecule has 1 amide bonds. The van der Waals surface area contributed by atoms with Crippen LogP contribution in [0.3, 0.4) is 0 Å². The van der Waals surface area contributed by atoms with E-state index in [1.165, 1.54) is 0 Å². The van der Waals surface area contributed by atoms with Gasteiger partial charge in [-0.2, -0.15) is 5.10 Å². The molecular weight excluding hydrogens is 234 g/mol. The van der Waals surface area contributed by atoms with Crippen LogP contribution in [0.25, 0.3) is 0 Å². The molecule has 1 unspecified atom stereocenters. The summed E-state index contributed by atoms with van der Waals surface area (Å²) in [5.41, 5.74) is 1.92. The van der Waals surface area contributed by atoms with Crippen LogP contribution in [0.5, 0.6) is 0 Å². The number of nitrogens with one attached hydrogen (secondary N) is 2. The van der Waals surface area contributed by atoms with Gasteiger partial charge in [-0.1, -0.05) is 20.8 Å². The fraction of sp³-hybridized carbons (Fsp3) is 0.583. The third-order valence-electron chi connectivity index (χ3n) is 2.85. The van der Waals surface area contributed by atoms with Gasteiger partial charge in [0.05, 0.1) is 0 Å². The second-order valence-electron chi connectivity index (χ2n) is 4.54. The molecule has 1 rings (SSSR count). The fourth-order valence-corrected chi connectivity index (χ4v) is 1.76. The number of carboxylic acids is 1. The highest BCUT2D eigenvalue weighted by Crippen LogP contribution is 2.18. The summed E-state index contributed by atoms with van der Waals surface area (Å²) in [4.78, 5) is 22.8. The van der Waals surface area contributed by atoms with Gasteiger partial charge >= 0.3 is 5.97 Å². The van der Waals surface area contributed by atoms with Gasteiger partial charge in [0.1, 0.15) is 6.04 Å². The van der Waals surface area contributed by atoms with E-state index in [1.807, 2.05) is 13.8 Å². The van der Waals surface area contributed by atoms with Crippen molar-refractivity contribution in [3.63, 3.8) is 0 Å². The monoisotopic (exact) mass is 253 g/mol. The van der Waals surface area contributed by atoms with Crippen LogP contribution in [0.1, 0.15) is 54.9 Å². The highest BCUT2D eigenvalue weighted by molar-refractivity contribution is 5.96. The zero-order valence-corrected chi connectivity index (χ0v) is 11.1. The van der Waals surface area contributed by atoms with Crippen LogP contribution in [0, 0.1) is 6.92 Å². The van der Waals surface area contributed by atoms with Crippen LogP contribution in [-0.4, -0.2) is 33.2 Å². The average Bonchev–Trinajstić information content (AvgIpc) is 2.67. The first-order valence-electron chi connectivity index (χ1n) is 5.97. The number of carbonyl (C=O) groups excluding carboxylic acids is 1. The number of nitrogens with zero attached hydrogens (tertiary/aromatic N) is 1. The van der Waals surface area contributed by atoms with Gasteiger partial charge < -0.3 is 10.4 Å². The molecule has 6 nitrogen and oxygen atoms in total. The van der Waals surface area contributed by atoms with Crippen LogP contribution in [-0.2, 0) is 4.79 Å². The van der Waals surface area contributed by atoms with Crippen molar-refractivity contribution in [3.8, 4) is 0 Å². The van der Waals surface area contributed by atoms with E-state index >= 15 is 0 Å². The van der Waals surface area contributed by atoms with Gasteiger partial charge in [-0.15, -0.1) is 0 Å². The Bertz CT molecular complexity index is 451. The first-order valence-corrected chi connectivity index (χ1v) is 5.97. The first-order chi connectivity index (χ1) is 8.38. The molecule has 100 valence electrons. The molecule has 1 aromatic rings. The van der Waals surface area contributed by atoms with Crippen molar-refractivity contribution >= 4 is 11.9 Å². The van der Waals surface area contributed by atoms with Gasteiger partial charge in [-0.05, 0) is 19.3 Å². The summed E-state index contributed by atoms with van der Waals surface area (Å²) in [6.07, 6.45) is 0.335. The molecule has 1 aromatic heterocycles. The van der Waals surface area contributed by atoms with Crippen LogP contribution in [0.15, 0.2) is 0 Å². The second-order valence-corrected chi connectivity index (χ2v) is 4.54. The number of amides is 1. The molecule has 0 aromatic carbocycles. The van der Waals surface area contributed by atoms with E-state index in [-0.39, 0.29) is 11.6 Å². The zero-order valence-electron chi connectivity index (χ0n) is 11.1. The molecular formula is C12H19N3O3. The highest BCUT2D eigenvalue weighted by atomic mass is 16.4. The number of aromatic amines is 1. The first kappa shape index (κ1) is 14.2. The Morgan fingerprint density at radius 3 is 2.44 bits per heavy atom. The lowest BCUT2D eigenvalue weighted by molar-refractivity contribution is -0.139. The van der Waals surface area contributed by atoms with Gasteiger partial charge in [0.15, 0.2) is 5.69 Å². The van der Waals surface area contributed by atoms with Gasteiger partial charge in [-0.25, -0.2) is 4.79 Å². The van der Waals surface area contributed by atoms with Crippen LogP contribution in [0.2, 0.25) is 0 Å². The average molecular weight is 253 g/mol. The molecule has 0 aliphatic carbocycles. The van der Waals surface area contributed by atoms with Gasteiger partial charge in [-0.3, -0.25) is 9.89 Å². The molecule has 18 heavy (non-hydrogen) atoms. The van der Waals surface area contributed by atoms with E-state index in [2.05, 4.69) is 15.5 Å². The van der Waals surface area contributed by atoms with Crippen molar-refractivity contribution < 1.29 is 14.7 Å². The number of rotatable bonds is 5. The lowest BCUT2D eigenvalue weighted by Gasteiger charge is -2.11. The lowest BCUT2D eigenvalue weighted by Crippen LogP contribution is -2.40. The number of aliphatic carboxylic acids is 1. The number of H-pyrrole nitrogens is 1. The van der Waals surface area contributed by atoms with E-state index in [4.69, 9.17) is 5.11 Å². The second kappa shape index (κ2) is 5.66. The Morgan fingerprint density at radius 2 is 2.06 bits per heavy atom. The lowest BCUT2D eigenvalue weighted by atomic mass is 10.0. The largest absolute Gasteiger partial charge is 0.480 e. The molecule has 1 heterocycles. The van der Waals surface area contributed by atoms with Crippen LogP contribution in [0.4, 0.5) is 0 Å². The third-order valence-corrected chi connectivity index (χ3v) is 2.85. The number of hydrogen-bond donors (Lipinski definition) is 3. The predicted octanol–water partition coefficient (Wildman–Crippen LogP) is 1.43. The summed E-state index contributed by atoms with van der Waals surface area (Å²) >= 11 is 0. The van der Waals surface area contributed by atoms with Crippen molar-refractivity contribution in [3.05, 3.63) is 17.0 Å². The van der Waals surface area contributed by atoms with Crippen molar-refractivity contribution in [2.45, 2.75) is 46.1 Å². The smallest absolute Gasteiger partial charge is 0.326 e. The van der Waals surface area contributed by atoms with Gasteiger partial charge in [0, 0.05) is 11.3 Å². The summed E-state index contributed by atoms with van der Waals surface area (Å²) in [6, 6.07) is -0.879. The summed E-state index contributed by atoms with van der Waals surface area (Å²) in [6.45, 7) is 7.49. The Balaban J connectivity index is 2.88. The predicted molar refractivity (Wildman–Crippen MR) is 66.6 cm³/mol. The minimum Gasteiger partial charge on any atom is -0.480 e. The maximum atomic E-state index is 11.9. The molecule has 1 atom stereocenters. The Morgan fingerprint density at radius 1 is 1.44 bits per heavy atom. The summed E-state index contributed by atoms with van der Waals surface area (Å²) < 4.78 is 0. The number of hydrogen-bond acceptors (Lipinski definition) is 3. The SMILES string of the molecule is CCC(NC(=O)c1n[nH]c(C(C)C)c1C)C(=O)O. The number of carbonyl (C=O) groups is 2. The molecule has 0 radical (unpaired) electrons. The molecule has 0 bridgehead atoms. The van der Waals surface area contributed by atoms with E-state index < -0.39 is 17.9 Å². The van der Waals surface area contributed by atoms with Crippen molar-refractivity contribution in [2.75, 3.05) is 0 Å². The van der Waals surface area contributed by atoms with Gasteiger partial charge in [0.2, 0.25) is 0 Å². The topological polar surface area (TPSA) is 95.1 Å². The van der Waals surface area contributed by atoms with E-state index in [9.17, 15) is 9.59 Å². The quantitative estimate of drug-likeness (QED) is 0.739. The maximum absolute atomic E-state index is 11.9. The van der Waals surface area contributed by atoms with E-state index in [0.29, 0.717) is 6.42 Å². The Kier molecular flexibility index (Phi) is 4.47. The van der Waals surface area contributed by atoms with Gasteiger partial charge in [0.25, 0.3) is 5.91 Å². The summed E-state index contributed by atoms with van der Waals surface area (Å²) in [5, 5.41) is 18.1. The van der Waals surface area contributed by atoms with Crippen LogP contribution >= 0.6 is 0 Å². The summed E-state index contributed by atoms with van der Waals surface area (Å²) in [5.74, 6) is -1.26. The van der Waals surface area contributed by atoms with E-state index in [1.54, 1.807) is 13.8 Å². The molecule has 0 spiro atoms. The zero-order chi connectivity index (χ0) is 13.9. The molecule has 6 heteroatoms. The summed E-state index contributed by atoms with van der Waals surface area (Å²) in [7, 11) is 0. The standard InChI is InChI=1S/C12H19N3O3/c1-5-8(12(17)18)13-11(16)10-7(4)9(6(2)3)14-15-10/h6,8H,5H2,1-4H3,(H,13,16)(H,14,15)(H,17,18). The minimum absolute atomic E-state index is 0.237. The minimum atomic E-state index is -1.04. The van der Waals surface area contributed by atoms with Crippen LogP contribution < -0.4 is 5.32 Å². The molecule has 0 fully saturated rings. The Hall–Kier alpha value is -1.85. The van der Waals surface area contributed by atoms with Crippen molar-refractivity contribution in [1.82, 2.24) is 15.5 Å².